The van der Waals surface area contributed by atoms with Crippen molar-refractivity contribution in [3.8, 4) is 5.75 Å². The van der Waals surface area contributed by atoms with Crippen molar-refractivity contribution < 1.29 is 4.74 Å². The van der Waals surface area contributed by atoms with Gasteiger partial charge in [-0.15, -0.1) is 35.3 Å². The molecular weight excluding hydrogens is 495 g/mol. The van der Waals surface area contributed by atoms with Crippen molar-refractivity contribution in [2.45, 2.75) is 32.4 Å². The summed E-state index contributed by atoms with van der Waals surface area (Å²) in [6.07, 6.45) is 2.46. The van der Waals surface area contributed by atoms with Gasteiger partial charge in [0.25, 0.3) is 0 Å². The molecule has 1 aliphatic heterocycles. The second kappa shape index (κ2) is 12.4. The molecule has 160 valence electrons. The minimum absolute atomic E-state index is 0. The van der Waals surface area contributed by atoms with Gasteiger partial charge in [-0.1, -0.05) is 18.2 Å². The summed E-state index contributed by atoms with van der Waals surface area (Å²) in [5, 5.41) is 9.07. The molecule has 0 aliphatic carbocycles. The van der Waals surface area contributed by atoms with Gasteiger partial charge < -0.3 is 15.4 Å². The van der Waals surface area contributed by atoms with Crippen molar-refractivity contribution in [3.05, 3.63) is 52.2 Å². The first-order valence-electron chi connectivity index (χ1n) is 10.1. The summed E-state index contributed by atoms with van der Waals surface area (Å²) in [6, 6.07) is 13.2. The quantitative estimate of drug-likeness (QED) is 0.316. The number of hydrogen-bond donors (Lipinski definition) is 2. The van der Waals surface area contributed by atoms with E-state index in [9.17, 15) is 0 Å². The molecule has 0 bridgehead atoms. The van der Waals surface area contributed by atoms with Crippen molar-refractivity contribution in [1.82, 2.24) is 15.5 Å². The van der Waals surface area contributed by atoms with Gasteiger partial charge in [0.15, 0.2) is 5.96 Å². The van der Waals surface area contributed by atoms with Crippen LogP contribution in [0, 0.1) is 5.92 Å². The molecule has 1 aromatic carbocycles. The summed E-state index contributed by atoms with van der Waals surface area (Å²) in [5.41, 5.74) is 1.36. The SMILES string of the molecule is CCNC(=NCc1cccs1)NCC1CCCN(C)C1c1ccc(OC)cc1.I. The van der Waals surface area contributed by atoms with E-state index < -0.39 is 0 Å². The van der Waals surface area contributed by atoms with Crippen LogP contribution in [0.5, 0.6) is 5.75 Å². The van der Waals surface area contributed by atoms with Gasteiger partial charge in [-0.3, -0.25) is 4.90 Å². The fourth-order valence-corrected chi connectivity index (χ4v) is 4.56. The lowest BCUT2D eigenvalue weighted by Gasteiger charge is -2.40. The van der Waals surface area contributed by atoms with E-state index in [2.05, 4.69) is 71.3 Å². The molecule has 2 heterocycles. The summed E-state index contributed by atoms with van der Waals surface area (Å²) in [5.74, 6) is 2.35. The van der Waals surface area contributed by atoms with Crippen LogP contribution in [0.25, 0.3) is 0 Å². The van der Waals surface area contributed by atoms with Crippen molar-refractivity contribution in [2.24, 2.45) is 10.9 Å². The lowest BCUT2D eigenvalue weighted by molar-refractivity contribution is 0.122. The fourth-order valence-electron chi connectivity index (χ4n) is 3.93. The topological polar surface area (TPSA) is 48.9 Å². The monoisotopic (exact) mass is 528 g/mol. The van der Waals surface area contributed by atoms with Crippen LogP contribution < -0.4 is 15.4 Å². The van der Waals surface area contributed by atoms with Gasteiger partial charge in [-0.25, -0.2) is 4.99 Å². The van der Waals surface area contributed by atoms with Crippen LogP contribution >= 0.6 is 35.3 Å². The number of methoxy groups -OCH3 is 1. The molecule has 1 saturated heterocycles. The lowest BCUT2D eigenvalue weighted by Crippen LogP contribution is -2.45. The zero-order chi connectivity index (χ0) is 19.8. The minimum Gasteiger partial charge on any atom is -0.497 e. The molecule has 5 nitrogen and oxygen atoms in total. The Morgan fingerprint density at radius 1 is 1.24 bits per heavy atom. The largest absolute Gasteiger partial charge is 0.497 e. The molecule has 7 heteroatoms. The fraction of sp³-hybridized carbons (Fsp3) is 0.500. The molecule has 2 aromatic rings. The minimum atomic E-state index is 0. The number of aliphatic imine (C=N–C) groups is 1. The summed E-state index contributed by atoms with van der Waals surface area (Å²) < 4.78 is 5.32. The van der Waals surface area contributed by atoms with Crippen molar-refractivity contribution in [3.63, 3.8) is 0 Å². The first kappa shape index (κ1) is 24.0. The standard InChI is InChI=1S/C22H32N4OS.HI/c1-4-23-22(25-16-20-8-6-14-28-20)24-15-18-7-5-13-26(2)21(18)17-9-11-19(27-3)12-10-17;/h6,8-12,14,18,21H,4-5,7,13,15-16H2,1-3H3,(H2,23,24,25);1H. The van der Waals surface area contributed by atoms with Crippen molar-refractivity contribution in [1.29, 1.82) is 0 Å². The maximum Gasteiger partial charge on any atom is 0.191 e. The van der Waals surface area contributed by atoms with E-state index in [1.54, 1.807) is 18.4 Å². The second-order valence-electron chi connectivity index (χ2n) is 7.26. The van der Waals surface area contributed by atoms with Gasteiger partial charge in [0.05, 0.1) is 13.7 Å². The molecular formula is C22H33IN4OS. The molecule has 2 unspecified atom stereocenters. The number of nitrogens with one attached hydrogen (secondary N) is 2. The molecule has 0 saturated carbocycles. The highest BCUT2D eigenvalue weighted by Gasteiger charge is 2.30. The van der Waals surface area contributed by atoms with Crippen LogP contribution in [0.2, 0.25) is 0 Å². The van der Waals surface area contributed by atoms with Gasteiger partial charge in [-0.05, 0) is 68.4 Å². The molecule has 0 amide bonds. The van der Waals surface area contributed by atoms with E-state index in [0.717, 1.165) is 37.9 Å². The van der Waals surface area contributed by atoms with Crippen LogP contribution in [-0.4, -0.2) is 44.7 Å². The van der Waals surface area contributed by atoms with Gasteiger partial charge in [-0.2, -0.15) is 0 Å². The Labute approximate surface area is 196 Å². The number of piperidine rings is 1. The summed E-state index contributed by atoms with van der Waals surface area (Å²) in [7, 11) is 3.95. The Hall–Kier alpha value is -1.32. The first-order valence-corrected chi connectivity index (χ1v) is 11.0. The second-order valence-corrected chi connectivity index (χ2v) is 8.29. The lowest BCUT2D eigenvalue weighted by atomic mass is 9.85. The summed E-state index contributed by atoms with van der Waals surface area (Å²) in [6.45, 7) is 5.75. The van der Waals surface area contributed by atoms with Crippen LogP contribution in [0.1, 0.15) is 36.2 Å². The third kappa shape index (κ3) is 6.86. The number of thiophene rings is 1. The molecule has 1 fully saturated rings. The Balaban J connectivity index is 0.00000300. The van der Waals surface area contributed by atoms with Gasteiger partial charge in [0.1, 0.15) is 5.75 Å². The van der Waals surface area contributed by atoms with Gasteiger partial charge >= 0.3 is 0 Å². The highest BCUT2D eigenvalue weighted by molar-refractivity contribution is 14.0. The van der Waals surface area contributed by atoms with E-state index in [-0.39, 0.29) is 24.0 Å². The Morgan fingerprint density at radius 2 is 2.03 bits per heavy atom. The van der Waals surface area contributed by atoms with Crippen molar-refractivity contribution in [2.75, 3.05) is 33.8 Å². The number of nitrogens with zero attached hydrogens (tertiary/aromatic N) is 2. The third-order valence-electron chi connectivity index (χ3n) is 5.31. The number of hydrogen-bond acceptors (Lipinski definition) is 4. The first-order chi connectivity index (χ1) is 13.7. The summed E-state index contributed by atoms with van der Waals surface area (Å²) >= 11 is 1.75. The smallest absolute Gasteiger partial charge is 0.191 e. The number of halogens is 1. The zero-order valence-corrected chi connectivity index (χ0v) is 20.7. The maximum absolute atomic E-state index is 5.32. The average molecular weight is 529 g/mol. The maximum atomic E-state index is 5.32. The van der Waals surface area contributed by atoms with E-state index >= 15 is 0 Å². The Bertz CT molecular complexity index is 736. The predicted octanol–water partition coefficient (Wildman–Crippen LogP) is 4.51. The highest BCUT2D eigenvalue weighted by atomic mass is 127. The highest BCUT2D eigenvalue weighted by Crippen LogP contribution is 2.35. The Kier molecular flexibility index (Phi) is 10.2. The molecule has 1 aliphatic rings. The van der Waals surface area contributed by atoms with E-state index in [1.807, 2.05) is 0 Å². The number of guanidine groups is 1. The van der Waals surface area contributed by atoms with Crippen molar-refractivity contribution >= 4 is 41.3 Å². The molecule has 0 spiro atoms. The number of likely N-dealkylation sites (tertiary alicyclic amines) is 1. The molecule has 2 atom stereocenters. The number of benzene rings is 1. The van der Waals surface area contributed by atoms with Gasteiger partial charge in [0.2, 0.25) is 0 Å². The predicted molar refractivity (Wildman–Crippen MR) is 134 cm³/mol. The van der Waals surface area contributed by atoms with Crippen LogP contribution in [0.15, 0.2) is 46.8 Å². The van der Waals surface area contributed by atoms with Crippen LogP contribution in [-0.2, 0) is 6.54 Å². The molecule has 1 aromatic heterocycles. The number of rotatable bonds is 7. The average Bonchev–Trinajstić information content (AvgIpc) is 3.24. The normalized spacial score (nSPS) is 20.0. The van der Waals surface area contributed by atoms with E-state index in [4.69, 9.17) is 9.73 Å². The van der Waals surface area contributed by atoms with E-state index in [0.29, 0.717) is 12.0 Å². The summed E-state index contributed by atoms with van der Waals surface area (Å²) in [4.78, 5) is 8.52. The van der Waals surface area contributed by atoms with Crippen LogP contribution in [0.4, 0.5) is 0 Å². The molecule has 3 rings (SSSR count). The van der Waals surface area contributed by atoms with Gasteiger partial charge in [0, 0.05) is 24.0 Å². The number of ether oxygens (including phenoxy) is 1. The third-order valence-corrected chi connectivity index (χ3v) is 6.17. The van der Waals surface area contributed by atoms with E-state index in [1.165, 1.54) is 23.3 Å². The molecule has 2 N–H and O–H groups in total. The van der Waals surface area contributed by atoms with Crippen LogP contribution in [0.3, 0.4) is 0 Å². The molecule has 29 heavy (non-hydrogen) atoms. The zero-order valence-electron chi connectivity index (χ0n) is 17.6. The molecule has 0 radical (unpaired) electrons. The Morgan fingerprint density at radius 3 is 2.69 bits per heavy atom.